The standard InChI is InChI=1S/C55H35N5O/c1-4-17-37(18-5-1)53-56-54(38-19-6-2-7-20-38)58-55(57-53)40-21-14-24-42(34-40)60-47-32-30-36-16-10-11-25-43(36)51(47)45-27-15-26-44(52(45)60)39-31-33-50-48(35-39)59(41-22-8-3-9-23-41)46-28-12-13-29-49(46)61-50/h1-35H. The van der Waals surface area contributed by atoms with Gasteiger partial charge in [0.15, 0.2) is 29.0 Å². The number of rotatable bonds is 6. The van der Waals surface area contributed by atoms with E-state index >= 15 is 0 Å². The Morgan fingerprint density at radius 1 is 0.377 bits per heavy atom. The van der Waals surface area contributed by atoms with E-state index in [2.05, 4.69) is 149 Å². The molecule has 6 heteroatoms. The second-order valence-electron chi connectivity index (χ2n) is 15.2. The van der Waals surface area contributed by atoms with E-state index in [-0.39, 0.29) is 0 Å². The number of aromatic nitrogens is 4. The number of nitrogens with zero attached hydrogens (tertiary/aromatic N) is 5. The van der Waals surface area contributed by atoms with Crippen LogP contribution >= 0.6 is 0 Å². The topological polar surface area (TPSA) is 56.1 Å². The highest BCUT2D eigenvalue weighted by Crippen LogP contribution is 2.52. The molecule has 0 amide bonds. The third-order valence-corrected chi connectivity index (χ3v) is 11.6. The van der Waals surface area contributed by atoms with Gasteiger partial charge in [0.1, 0.15) is 0 Å². The van der Waals surface area contributed by atoms with Gasteiger partial charge in [-0.1, -0.05) is 158 Å². The van der Waals surface area contributed by atoms with Gasteiger partial charge in [-0.2, -0.15) is 0 Å². The molecule has 61 heavy (non-hydrogen) atoms. The van der Waals surface area contributed by atoms with Crippen LogP contribution in [0.25, 0.3) is 83.6 Å². The minimum atomic E-state index is 0.608. The van der Waals surface area contributed by atoms with Gasteiger partial charge in [0.2, 0.25) is 0 Å². The van der Waals surface area contributed by atoms with Crippen LogP contribution in [0.1, 0.15) is 0 Å². The minimum Gasteiger partial charge on any atom is -0.453 e. The van der Waals surface area contributed by atoms with Crippen LogP contribution in [0.2, 0.25) is 0 Å². The molecule has 12 rings (SSSR count). The molecule has 0 saturated carbocycles. The number of hydrogen-bond acceptors (Lipinski definition) is 5. The zero-order valence-electron chi connectivity index (χ0n) is 32.9. The maximum Gasteiger partial charge on any atom is 0.164 e. The van der Waals surface area contributed by atoms with Crippen molar-refractivity contribution < 1.29 is 4.74 Å². The van der Waals surface area contributed by atoms with E-state index in [4.69, 9.17) is 19.7 Å². The van der Waals surface area contributed by atoms with Crippen molar-refractivity contribution in [2.24, 2.45) is 0 Å². The summed E-state index contributed by atoms with van der Waals surface area (Å²) in [5.41, 5.74) is 11.2. The Morgan fingerprint density at radius 2 is 0.967 bits per heavy atom. The van der Waals surface area contributed by atoms with Crippen LogP contribution in [0, 0.1) is 0 Å². The molecule has 286 valence electrons. The summed E-state index contributed by atoms with van der Waals surface area (Å²) in [7, 11) is 0. The van der Waals surface area contributed by atoms with Crippen LogP contribution in [0.3, 0.4) is 0 Å². The van der Waals surface area contributed by atoms with Crippen LogP contribution in [-0.2, 0) is 0 Å². The van der Waals surface area contributed by atoms with Gasteiger partial charge in [-0.05, 0) is 70.9 Å². The summed E-state index contributed by atoms with van der Waals surface area (Å²) < 4.78 is 8.97. The monoisotopic (exact) mass is 781 g/mol. The van der Waals surface area contributed by atoms with Crippen LogP contribution < -0.4 is 9.64 Å². The first-order valence-electron chi connectivity index (χ1n) is 20.4. The Hall–Kier alpha value is -8.35. The maximum atomic E-state index is 6.56. The highest BCUT2D eigenvalue weighted by atomic mass is 16.5. The normalized spacial score (nSPS) is 12.0. The summed E-state index contributed by atoms with van der Waals surface area (Å²) in [5, 5.41) is 4.79. The smallest absolute Gasteiger partial charge is 0.164 e. The molecule has 3 heterocycles. The average Bonchev–Trinajstić information content (AvgIpc) is 3.69. The first-order chi connectivity index (χ1) is 30.2. The third kappa shape index (κ3) is 5.84. The second kappa shape index (κ2) is 14.2. The van der Waals surface area contributed by atoms with Crippen molar-refractivity contribution in [3.05, 3.63) is 212 Å². The number of hydrogen-bond donors (Lipinski definition) is 0. The molecule has 1 aliphatic rings. The molecule has 9 aromatic carbocycles. The van der Waals surface area contributed by atoms with Crippen molar-refractivity contribution >= 4 is 49.6 Å². The Balaban J connectivity index is 1.09. The quantitative estimate of drug-likeness (QED) is 0.168. The Labute approximate surface area is 352 Å². The molecule has 6 nitrogen and oxygen atoms in total. The number of fused-ring (bicyclic) bond motifs is 7. The van der Waals surface area contributed by atoms with Crippen molar-refractivity contribution in [3.8, 4) is 62.5 Å². The number of anilines is 3. The number of benzene rings is 9. The molecule has 0 bridgehead atoms. The van der Waals surface area contributed by atoms with E-state index in [0.29, 0.717) is 17.5 Å². The Morgan fingerprint density at radius 3 is 1.74 bits per heavy atom. The molecule has 0 radical (unpaired) electrons. The van der Waals surface area contributed by atoms with Crippen LogP contribution in [0.5, 0.6) is 11.5 Å². The Kier molecular flexibility index (Phi) is 8.06. The maximum absolute atomic E-state index is 6.56. The fourth-order valence-electron chi connectivity index (χ4n) is 8.84. The van der Waals surface area contributed by atoms with Gasteiger partial charge in [0, 0.05) is 44.4 Å². The largest absolute Gasteiger partial charge is 0.453 e. The van der Waals surface area contributed by atoms with E-state index in [1.807, 2.05) is 72.8 Å². The van der Waals surface area contributed by atoms with Gasteiger partial charge in [0.05, 0.1) is 22.4 Å². The molecule has 11 aromatic rings. The fourth-order valence-corrected chi connectivity index (χ4v) is 8.84. The highest BCUT2D eigenvalue weighted by Gasteiger charge is 2.27. The summed E-state index contributed by atoms with van der Waals surface area (Å²) >= 11 is 0. The molecule has 0 unspecified atom stereocenters. The van der Waals surface area contributed by atoms with E-state index in [0.717, 1.165) is 73.1 Å². The van der Waals surface area contributed by atoms with E-state index in [1.54, 1.807) is 0 Å². The van der Waals surface area contributed by atoms with Crippen molar-refractivity contribution in [2.45, 2.75) is 0 Å². The van der Waals surface area contributed by atoms with Crippen molar-refractivity contribution in [1.29, 1.82) is 0 Å². The van der Waals surface area contributed by atoms with Gasteiger partial charge in [-0.25, -0.2) is 15.0 Å². The number of ether oxygens (including phenoxy) is 1. The lowest BCUT2D eigenvalue weighted by Crippen LogP contribution is -2.15. The first-order valence-corrected chi connectivity index (χ1v) is 20.4. The second-order valence-corrected chi connectivity index (χ2v) is 15.2. The molecular formula is C55H35N5O. The van der Waals surface area contributed by atoms with E-state index in [9.17, 15) is 0 Å². The number of para-hydroxylation sites is 4. The van der Waals surface area contributed by atoms with E-state index in [1.165, 1.54) is 21.5 Å². The van der Waals surface area contributed by atoms with Crippen LogP contribution in [-0.4, -0.2) is 19.5 Å². The van der Waals surface area contributed by atoms with Crippen molar-refractivity contribution in [2.75, 3.05) is 4.90 Å². The lowest BCUT2D eigenvalue weighted by atomic mass is 9.98. The summed E-state index contributed by atoms with van der Waals surface area (Å²) in [6, 6.07) is 73.9. The average molecular weight is 782 g/mol. The first kappa shape index (κ1) is 34.7. The summed E-state index contributed by atoms with van der Waals surface area (Å²) in [5.74, 6) is 3.50. The minimum absolute atomic E-state index is 0.608. The fraction of sp³-hybridized carbons (Fsp3) is 0. The van der Waals surface area contributed by atoms with Gasteiger partial charge < -0.3 is 14.2 Å². The van der Waals surface area contributed by atoms with Gasteiger partial charge >= 0.3 is 0 Å². The molecule has 0 saturated heterocycles. The SMILES string of the molecule is c1ccc(-c2nc(-c3ccccc3)nc(-c3cccc(-n4c5ccc6ccccc6c5c5cccc(-c6ccc7c(c6)N(c6ccccc6)c6ccccc6O7)c54)c3)n2)cc1. The summed E-state index contributed by atoms with van der Waals surface area (Å²) in [4.78, 5) is 17.4. The predicted octanol–water partition coefficient (Wildman–Crippen LogP) is 14.4. The van der Waals surface area contributed by atoms with E-state index < -0.39 is 0 Å². The molecule has 0 N–H and O–H groups in total. The molecule has 0 aliphatic carbocycles. The molecule has 0 atom stereocenters. The third-order valence-electron chi connectivity index (χ3n) is 11.6. The summed E-state index contributed by atoms with van der Waals surface area (Å²) in [6.07, 6.45) is 0. The van der Waals surface area contributed by atoms with Crippen LogP contribution in [0.4, 0.5) is 17.1 Å². The van der Waals surface area contributed by atoms with Crippen molar-refractivity contribution in [1.82, 2.24) is 19.5 Å². The Bertz CT molecular complexity index is 3400. The molecule has 2 aromatic heterocycles. The zero-order valence-corrected chi connectivity index (χ0v) is 32.9. The summed E-state index contributed by atoms with van der Waals surface area (Å²) in [6.45, 7) is 0. The lowest BCUT2D eigenvalue weighted by molar-refractivity contribution is 0.477. The highest BCUT2D eigenvalue weighted by molar-refractivity contribution is 6.23. The molecule has 0 fully saturated rings. The van der Waals surface area contributed by atoms with Crippen molar-refractivity contribution in [3.63, 3.8) is 0 Å². The van der Waals surface area contributed by atoms with Crippen LogP contribution in [0.15, 0.2) is 212 Å². The molecule has 1 aliphatic heterocycles. The predicted molar refractivity (Wildman–Crippen MR) is 248 cm³/mol. The zero-order chi connectivity index (χ0) is 40.3. The van der Waals surface area contributed by atoms with Gasteiger partial charge in [0.25, 0.3) is 0 Å². The lowest BCUT2D eigenvalue weighted by Gasteiger charge is -2.33. The van der Waals surface area contributed by atoms with Gasteiger partial charge in [-0.3, -0.25) is 0 Å². The molecule has 0 spiro atoms. The van der Waals surface area contributed by atoms with Gasteiger partial charge in [-0.15, -0.1) is 0 Å². The molecular weight excluding hydrogens is 747 g/mol.